The molecule has 2 unspecified atom stereocenters. The van der Waals surface area contributed by atoms with Gasteiger partial charge in [0.05, 0.1) is 10.7 Å². The molecule has 0 spiro atoms. The molecule has 2 N–H and O–H groups in total. The van der Waals surface area contributed by atoms with Crippen LogP contribution in [0.2, 0.25) is 0 Å². The fourth-order valence-corrected chi connectivity index (χ4v) is 2.49. The third-order valence-corrected chi connectivity index (χ3v) is 4.06. The van der Waals surface area contributed by atoms with Gasteiger partial charge in [-0.05, 0) is 14.0 Å². The molecule has 0 radical (unpaired) electrons. The quantitative estimate of drug-likeness (QED) is 0.712. The van der Waals surface area contributed by atoms with Crippen molar-refractivity contribution in [1.82, 2.24) is 15.2 Å². The van der Waals surface area contributed by atoms with Gasteiger partial charge in [-0.2, -0.15) is 0 Å². The van der Waals surface area contributed by atoms with Gasteiger partial charge in [0, 0.05) is 25.0 Å². The number of nitrogens with zero attached hydrogens (tertiary/aromatic N) is 2. The Kier molecular flexibility index (Phi) is 6.54. The van der Waals surface area contributed by atoms with E-state index in [1.807, 2.05) is 17.3 Å². The summed E-state index contributed by atoms with van der Waals surface area (Å²) >= 11 is 1.64. The van der Waals surface area contributed by atoms with Crippen LogP contribution in [0.15, 0.2) is 5.38 Å². The summed E-state index contributed by atoms with van der Waals surface area (Å²) in [6.07, 6.45) is -0.467. The van der Waals surface area contributed by atoms with Crippen molar-refractivity contribution < 1.29 is 14.6 Å². The van der Waals surface area contributed by atoms with E-state index in [0.717, 1.165) is 10.7 Å². The van der Waals surface area contributed by atoms with Crippen molar-refractivity contribution in [2.24, 2.45) is 0 Å². The Balaban J connectivity index is 2.62. The second kappa shape index (κ2) is 7.68. The van der Waals surface area contributed by atoms with Crippen molar-refractivity contribution in [2.45, 2.75) is 45.6 Å². The maximum Gasteiger partial charge on any atom is 0.320 e. The van der Waals surface area contributed by atoms with E-state index in [4.69, 9.17) is 9.84 Å². The number of ether oxygens (including phenoxy) is 1. The average molecular weight is 301 g/mol. The topological polar surface area (TPSA) is 74.7 Å². The predicted octanol–water partition coefficient (Wildman–Crippen LogP) is 1.69. The fraction of sp³-hybridized carbons (Fsp3) is 0.692. The summed E-state index contributed by atoms with van der Waals surface area (Å²) in [6, 6.07) is -0.677. The predicted molar refractivity (Wildman–Crippen MR) is 78.7 cm³/mol. The van der Waals surface area contributed by atoms with Crippen LogP contribution >= 0.6 is 11.3 Å². The molecule has 0 aromatic carbocycles. The lowest BCUT2D eigenvalue weighted by atomic mass is 10.2. The second-order valence-electron chi connectivity index (χ2n) is 5.06. The highest BCUT2D eigenvalue weighted by atomic mass is 32.1. The van der Waals surface area contributed by atoms with Crippen molar-refractivity contribution in [3.63, 3.8) is 0 Å². The van der Waals surface area contributed by atoms with Gasteiger partial charge in [0.25, 0.3) is 0 Å². The van der Waals surface area contributed by atoms with Gasteiger partial charge in [0.15, 0.2) is 6.35 Å². The summed E-state index contributed by atoms with van der Waals surface area (Å²) in [6.45, 7) is 6.41. The van der Waals surface area contributed by atoms with Crippen molar-refractivity contribution >= 4 is 17.3 Å². The molecule has 0 aliphatic heterocycles. The Labute approximate surface area is 123 Å². The molecule has 0 aliphatic carbocycles. The summed E-state index contributed by atoms with van der Waals surface area (Å²) < 4.78 is 5.29. The van der Waals surface area contributed by atoms with E-state index in [9.17, 15) is 4.79 Å². The molecular weight excluding hydrogens is 278 g/mol. The van der Waals surface area contributed by atoms with Crippen molar-refractivity contribution in [3.8, 4) is 0 Å². The van der Waals surface area contributed by atoms with Crippen molar-refractivity contribution in [3.05, 3.63) is 16.1 Å². The maximum atomic E-state index is 10.9. The second-order valence-corrected chi connectivity index (χ2v) is 5.95. The number of carboxylic acids is 1. The average Bonchev–Trinajstić information content (AvgIpc) is 2.83. The van der Waals surface area contributed by atoms with Crippen LogP contribution in [0.4, 0.5) is 0 Å². The highest BCUT2D eigenvalue weighted by molar-refractivity contribution is 7.09. The third kappa shape index (κ3) is 4.82. The zero-order chi connectivity index (χ0) is 15.3. The van der Waals surface area contributed by atoms with E-state index in [1.165, 1.54) is 0 Å². The van der Waals surface area contributed by atoms with Crippen LogP contribution < -0.4 is 5.32 Å². The van der Waals surface area contributed by atoms with Gasteiger partial charge >= 0.3 is 5.97 Å². The maximum absolute atomic E-state index is 10.9. The lowest BCUT2D eigenvalue weighted by Gasteiger charge is -2.28. The number of carbonyl (C=O) groups is 1. The number of nitrogens with one attached hydrogen (secondary N) is 1. The van der Waals surface area contributed by atoms with Gasteiger partial charge in [0.1, 0.15) is 6.04 Å². The Morgan fingerprint density at radius 2 is 2.20 bits per heavy atom. The summed E-state index contributed by atoms with van der Waals surface area (Å²) in [5.74, 6) is -0.487. The number of hydrogen-bond acceptors (Lipinski definition) is 6. The first-order chi connectivity index (χ1) is 9.35. The molecule has 0 bridgehead atoms. The molecule has 6 nitrogen and oxygen atoms in total. The summed E-state index contributed by atoms with van der Waals surface area (Å²) in [4.78, 5) is 17.3. The molecule has 1 aromatic heterocycles. The monoisotopic (exact) mass is 301 g/mol. The molecule has 0 saturated heterocycles. The Morgan fingerprint density at radius 1 is 1.55 bits per heavy atom. The molecule has 0 amide bonds. The zero-order valence-corrected chi connectivity index (χ0v) is 13.4. The first-order valence-corrected chi connectivity index (χ1v) is 7.39. The first kappa shape index (κ1) is 17.0. The van der Waals surface area contributed by atoms with Crippen LogP contribution in [-0.4, -0.2) is 47.5 Å². The Hall–Kier alpha value is -1.02. The van der Waals surface area contributed by atoms with E-state index in [-0.39, 0.29) is 0 Å². The zero-order valence-electron chi connectivity index (χ0n) is 12.6. The van der Waals surface area contributed by atoms with E-state index >= 15 is 0 Å². The lowest BCUT2D eigenvalue weighted by Crippen LogP contribution is -2.50. The minimum Gasteiger partial charge on any atom is -0.480 e. The largest absolute Gasteiger partial charge is 0.480 e. The van der Waals surface area contributed by atoms with Gasteiger partial charge in [-0.15, -0.1) is 11.3 Å². The van der Waals surface area contributed by atoms with Gasteiger partial charge in [0.2, 0.25) is 0 Å². The third-order valence-electron chi connectivity index (χ3n) is 2.86. The van der Waals surface area contributed by atoms with Crippen molar-refractivity contribution in [1.29, 1.82) is 0 Å². The van der Waals surface area contributed by atoms with Crippen LogP contribution in [0.5, 0.6) is 0 Å². The molecule has 2 atom stereocenters. The van der Waals surface area contributed by atoms with Crippen molar-refractivity contribution in [2.75, 3.05) is 14.2 Å². The summed E-state index contributed by atoms with van der Waals surface area (Å²) in [5, 5.41) is 14.9. The van der Waals surface area contributed by atoms with E-state index < -0.39 is 18.4 Å². The number of carboxylic acid groups (broad SMARTS) is 1. The molecule has 0 saturated carbocycles. The molecular formula is C13H23N3O3S. The number of hydrogen-bond donors (Lipinski definition) is 2. The molecule has 0 fully saturated rings. The van der Waals surface area contributed by atoms with Crippen LogP contribution in [0, 0.1) is 0 Å². The van der Waals surface area contributed by atoms with E-state index in [1.54, 1.807) is 25.4 Å². The molecule has 1 heterocycles. The van der Waals surface area contributed by atoms with E-state index in [0.29, 0.717) is 12.5 Å². The number of methoxy groups -OCH3 is 1. The summed E-state index contributed by atoms with van der Waals surface area (Å²) in [5.41, 5.74) is 0.966. The normalized spacial score (nSPS) is 14.8. The van der Waals surface area contributed by atoms with Crippen LogP contribution in [-0.2, 0) is 16.1 Å². The lowest BCUT2D eigenvalue weighted by molar-refractivity contribution is -0.142. The Morgan fingerprint density at radius 3 is 2.65 bits per heavy atom. The number of aliphatic carboxylic acids is 1. The fourth-order valence-electron chi connectivity index (χ4n) is 1.66. The standard InChI is InChI=1S/C13H23N3O3S/c1-8(2)11-15-10(7-20-11)6-16(4)13(19-5)14-9(3)12(17)18/h7-9,13-14H,6H2,1-5H3,(H,17,18). The number of thiazole rings is 1. The van der Waals surface area contributed by atoms with Crippen LogP contribution in [0.3, 0.4) is 0 Å². The molecule has 1 aromatic rings. The van der Waals surface area contributed by atoms with Gasteiger partial charge in [-0.1, -0.05) is 13.8 Å². The molecule has 1 rings (SSSR count). The molecule has 114 valence electrons. The minimum absolute atomic E-state index is 0.419. The van der Waals surface area contributed by atoms with Gasteiger partial charge < -0.3 is 9.84 Å². The number of aromatic nitrogens is 1. The van der Waals surface area contributed by atoms with Crippen LogP contribution in [0.1, 0.15) is 37.4 Å². The van der Waals surface area contributed by atoms with Gasteiger partial charge in [-0.25, -0.2) is 4.98 Å². The highest BCUT2D eigenvalue weighted by Gasteiger charge is 2.21. The number of rotatable bonds is 8. The smallest absolute Gasteiger partial charge is 0.320 e. The minimum atomic E-state index is -0.906. The SMILES string of the molecule is COC(NC(C)C(=O)O)N(C)Cc1csc(C(C)C)n1. The van der Waals surface area contributed by atoms with E-state index in [2.05, 4.69) is 24.1 Å². The highest BCUT2D eigenvalue weighted by Crippen LogP contribution is 2.20. The van der Waals surface area contributed by atoms with Crippen LogP contribution in [0.25, 0.3) is 0 Å². The molecule has 0 aliphatic rings. The summed E-state index contributed by atoms with van der Waals surface area (Å²) in [7, 11) is 3.41. The van der Waals surface area contributed by atoms with Gasteiger partial charge in [-0.3, -0.25) is 15.0 Å². The molecule has 20 heavy (non-hydrogen) atoms. The first-order valence-electron chi connectivity index (χ1n) is 6.51. The molecule has 7 heteroatoms. The Bertz CT molecular complexity index is 436.